The summed E-state index contributed by atoms with van der Waals surface area (Å²) in [4.78, 5) is 42.5. The molecule has 2 heterocycles. The van der Waals surface area contributed by atoms with Crippen LogP contribution in [0.4, 0.5) is 0 Å². The van der Waals surface area contributed by atoms with E-state index in [1.807, 2.05) is 6.07 Å². The van der Waals surface area contributed by atoms with Crippen LogP contribution in [-0.2, 0) is 45.2 Å². The second-order valence-electron chi connectivity index (χ2n) is 13.2. The molecular weight excluding hydrogens is 668 g/mol. The number of rotatable bonds is 19. The van der Waals surface area contributed by atoms with Crippen LogP contribution in [0.5, 0.6) is 0 Å². The molecule has 15 nitrogen and oxygen atoms in total. The van der Waals surface area contributed by atoms with Crippen LogP contribution in [0.15, 0.2) is 30.3 Å². The Labute approximate surface area is 296 Å². The van der Waals surface area contributed by atoms with Crippen molar-refractivity contribution >= 4 is 27.9 Å². The number of hydrogen-bond donors (Lipinski definition) is 5. The normalized spacial score (nSPS) is 20.7. The molecule has 0 radical (unpaired) electrons. The summed E-state index contributed by atoms with van der Waals surface area (Å²) in [5.74, 6) is -1.50. The lowest BCUT2D eigenvalue weighted by Crippen LogP contribution is -2.59. The Morgan fingerprint density at radius 3 is 2.26 bits per heavy atom. The van der Waals surface area contributed by atoms with Crippen molar-refractivity contribution in [3.63, 3.8) is 0 Å². The molecule has 1 aromatic rings. The zero-order valence-corrected chi connectivity index (χ0v) is 30.0. The molecule has 0 aromatic heterocycles. The Morgan fingerprint density at radius 1 is 0.940 bits per heavy atom. The van der Waals surface area contributed by atoms with Crippen molar-refractivity contribution in [2.75, 3.05) is 72.3 Å². The van der Waals surface area contributed by atoms with Gasteiger partial charge in [0.1, 0.15) is 6.04 Å². The van der Waals surface area contributed by atoms with E-state index < -0.39 is 46.4 Å². The van der Waals surface area contributed by atoms with Crippen molar-refractivity contribution in [3.05, 3.63) is 35.9 Å². The van der Waals surface area contributed by atoms with Gasteiger partial charge in [0, 0.05) is 45.9 Å². The molecule has 4 rings (SSSR count). The van der Waals surface area contributed by atoms with E-state index in [1.165, 1.54) is 4.31 Å². The molecule has 3 aliphatic rings. The van der Waals surface area contributed by atoms with E-state index in [2.05, 4.69) is 25.6 Å². The number of amides is 3. The molecule has 4 atom stereocenters. The lowest BCUT2D eigenvalue weighted by atomic mass is 9.83. The molecule has 1 saturated carbocycles. The highest BCUT2D eigenvalue weighted by atomic mass is 32.2. The first-order chi connectivity index (χ1) is 24.1. The number of morpholine rings is 2. The van der Waals surface area contributed by atoms with E-state index in [-0.39, 0.29) is 57.6 Å². The van der Waals surface area contributed by atoms with E-state index >= 15 is 0 Å². The van der Waals surface area contributed by atoms with Gasteiger partial charge in [-0.1, -0.05) is 62.4 Å². The minimum absolute atomic E-state index is 0.0282. The van der Waals surface area contributed by atoms with Gasteiger partial charge in [-0.05, 0) is 31.2 Å². The van der Waals surface area contributed by atoms with Crippen molar-refractivity contribution in [3.8, 4) is 0 Å². The highest BCUT2D eigenvalue weighted by Crippen LogP contribution is 2.28. The maximum Gasteiger partial charge on any atom is 0.280 e. The summed E-state index contributed by atoms with van der Waals surface area (Å²) in [6.45, 7) is 6.57. The van der Waals surface area contributed by atoms with Gasteiger partial charge in [-0.15, -0.1) is 0 Å². The lowest BCUT2D eigenvalue weighted by Gasteiger charge is -2.32. The van der Waals surface area contributed by atoms with E-state index in [0.29, 0.717) is 38.3 Å². The summed E-state index contributed by atoms with van der Waals surface area (Å²) in [6.07, 6.45) is 2.83. The van der Waals surface area contributed by atoms with Gasteiger partial charge in [0.2, 0.25) is 18.0 Å². The maximum absolute atomic E-state index is 13.7. The van der Waals surface area contributed by atoms with Crippen molar-refractivity contribution in [2.24, 2.45) is 5.92 Å². The van der Waals surface area contributed by atoms with Crippen molar-refractivity contribution < 1.29 is 42.1 Å². The van der Waals surface area contributed by atoms with Crippen molar-refractivity contribution in [1.29, 1.82) is 0 Å². The number of ether oxygens (including phenoxy) is 3. The van der Waals surface area contributed by atoms with Crippen LogP contribution in [0.1, 0.15) is 57.4 Å². The molecule has 5 N–H and O–H groups in total. The quantitative estimate of drug-likeness (QED) is 0.121. The summed E-state index contributed by atoms with van der Waals surface area (Å²) in [5.41, 5.74) is 0.716. The predicted octanol–water partition coefficient (Wildman–Crippen LogP) is -0.102. The van der Waals surface area contributed by atoms with Crippen LogP contribution in [0.2, 0.25) is 0 Å². The van der Waals surface area contributed by atoms with Crippen LogP contribution < -0.4 is 20.7 Å². The van der Waals surface area contributed by atoms with E-state index in [0.717, 1.165) is 45.2 Å². The van der Waals surface area contributed by atoms with Gasteiger partial charge in [-0.25, -0.2) is 0 Å². The minimum Gasteiger partial charge on any atom is -0.390 e. The fraction of sp³-hybridized carbons (Fsp3) is 0.735. The van der Waals surface area contributed by atoms with Gasteiger partial charge < -0.3 is 35.3 Å². The number of aliphatic hydroxyl groups excluding tert-OH is 1. The summed E-state index contributed by atoms with van der Waals surface area (Å²) in [7, 11) is -4.07. The number of benzene rings is 1. The van der Waals surface area contributed by atoms with Gasteiger partial charge in [0.15, 0.2) is 0 Å². The Morgan fingerprint density at radius 2 is 1.60 bits per heavy atom. The number of carbonyl (C=O) groups is 3. The zero-order valence-electron chi connectivity index (χ0n) is 29.2. The summed E-state index contributed by atoms with van der Waals surface area (Å²) in [5, 5.41) is 19.6. The molecule has 16 heteroatoms. The van der Waals surface area contributed by atoms with Gasteiger partial charge in [0.05, 0.1) is 45.0 Å². The topological polar surface area (TPSA) is 188 Å². The molecule has 0 unspecified atom stereocenters. The zero-order chi connectivity index (χ0) is 35.8. The molecule has 3 amide bonds. The third-order valence-corrected chi connectivity index (χ3v) is 11.0. The average molecular weight is 725 g/mol. The van der Waals surface area contributed by atoms with E-state index in [4.69, 9.17) is 14.2 Å². The Bertz CT molecular complexity index is 1290. The van der Waals surface area contributed by atoms with Gasteiger partial charge in [0.25, 0.3) is 16.1 Å². The smallest absolute Gasteiger partial charge is 0.280 e. The van der Waals surface area contributed by atoms with E-state index in [9.17, 15) is 27.9 Å². The van der Waals surface area contributed by atoms with E-state index in [1.54, 1.807) is 31.2 Å². The molecule has 1 aromatic carbocycles. The molecule has 1 aliphatic carbocycles. The molecule has 0 spiro atoms. The van der Waals surface area contributed by atoms with Crippen LogP contribution in [0, 0.1) is 5.92 Å². The first-order valence-electron chi connectivity index (χ1n) is 18.0. The summed E-state index contributed by atoms with van der Waals surface area (Å²) >= 11 is 0. The molecule has 0 bridgehead atoms. The standard InChI is InChI=1S/C34H56N6O9S/c1-2-49-34(37-32(43)29(24-27-11-7-4-8-12-27)38-50(45,46)40-17-21-48-22-18-40)33(44)36-28(23-26-9-5-3-6-10-26)30(41)25-31(42)35-13-14-39-15-19-47-20-16-39/h4,7-8,11-12,26,28-30,34,38,41H,2-3,5-6,9-10,13-25H2,1H3,(H,35,42)(H,36,44)(H,37,43)/t28-,29-,30+,34-/m0/s1. The number of nitrogens with one attached hydrogen (secondary N) is 4. The van der Waals surface area contributed by atoms with Crippen LogP contribution in [0.25, 0.3) is 0 Å². The SMILES string of the molecule is CCO[C@H](NC(=O)[C@H](Cc1ccccc1)NS(=O)(=O)N1CCOCC1)C(=O)N[C@@H](CC1CCCCC1)[C@H](O)CC(=O)NCCN1CCOCC1. The van der Waals surface area contributed by atoms with Crippen LogP contribution in [-0.4, -0.2) is 137 Å². The highest BCUT2D eigenvalue weighted by Gasteiger charge is 2.35. The van der Waals surface area contributed by atoms with Gasteiger partial charge >= 0.3 is 0 Å². The number of aliphatic hydroxyl groups is 1. The second kappa shape index (κ2) is 21.0. The number of nitrogens with zero attached hydrogens (tertiary/aromatic N) is 2. The molecule has 50 heavy (non-hydrogen) atoms. The number of hydrogen-bond acceptors (Lipinski definition) is 10. The Hall–Kier alpha value is -2.70. The van der Waals surface area contributed by atoms with Crippen molar-refractivity contribution in [1.82, 2.24) is 29.9 Å². The molecule has 3 fully saturated rings. The molecular formula is C34H56N6O9S. The molecule has 282 valence electrons. The first kappa shape index (κ1) is 40.1. The summed E-state index contributed by atoms with van der Waals surface area (Å²) in [6, 6.07) is 6.94. The third-order valence-electron chi connectivity index (χ3n) is 9.40. The number of carbonyl (C=O) groups excluding carboxylic acids is 3. The average Bonchev–Trinajstić information content (AvgIpc) is 3.12. The lowest BCUT2D eigenvalue weighted by molar-refractivity contribution is -0.142. The highest BCUT2D eigenvalue weighted by molar-refractivity contribution is 7.87. The minimum atomic E-state index is -4.07. The molecule has 2 saturated heterocycles. The summed E-state index contributed by atoms with van der Waals surface area (Å²) < 4.78 is 46.6. The van der Waals surface area contributed by atoms with Gasteiger partial charge in [-0.2, -0.15) is 17.4 Å². The fourth-order valence-electron chi connectivity index (χ4n) is 6.59. The Balaban J connectivity index is 1.42. The largest absolute Gasteiger partial charge is 0.390 e. The van der Waals surface area contributed by atoms with Gasteiger partial charge in [-0.3, -0.25) is 19.3 Å². The Kier molecular flexibility index (Phi) is 16.8. The predicted molar refractivity (Wildman–Crippen MR) is 186 cm³/mol. The molecule has 2 aliphatic heterocycles. The first-order valence-corrected chi connectivity index (χ1v) is 19.4. The second-order valence-corrected chi connectivity index (χ2v) is 14.9. The fourth-order valence-corrected chi connectivity index (χ4v) is 7.92. The van der Waals surface area contributed by atoms with Crippen LogP contribution in [0.3, 0.4) is 0 Å². The van der Waals surface area contributed by atoms with Crippen LogP contribution >= 0.6 is 0 Å². The van der Waals surface area contributed by atoms with Crippen molar-refractivity contribution in [2.45, 2.75) is 82.7 Å². The third kappa shape index (κ3) is 13.5. The monoisotopic (exact) mass is 724 g/mol. The maximum atomic E-state index is 13.7.